The van der Waals surface area contributed by atoms with Crippen LogP contribution in [0.2, 0.25) is 10.0 Å². The lowest BCUT2D eigenvalue weighted by atomic mass is 10.1. The maximum atomic E-state index is 11.0. The fourth-order valence-electron chi connectivity index (χ4n) is 0.997. The summed E-state index contributed by atoms with van der Waals surface area (Å²) in [4.78, 5) is 21.4. The Kier molecular flexibility index (Phi) is 3.07. The minimum absolute atomic E-state index is 0.210. The van der Waals surface area contributed by atoms with Crippen LogP contribution in [0.4, 0.5) is 0 Å². The van der Waals surface area contributed by atoms with Gasteiger partial charge in [0.1, 0.15) is 6.29 Å². The second-order valence-corrected chi connectivity index (χ2v) is 3.35. The molecule has 0 atom stereocenters. The monoisotopic (exact) mass is 216 g/mol. The van der Waals surface area contributed by atoms with Crippen LogP contribution in [0.1, 0.15) is 27.6 Å². The highest BCUT2D eigenvalue weighted by Gasteiger charge is 2.11. The maximum Gasteiger partial charge on any atom is 0.162 e. The van der Waals surface area contributed by atoms with Gasteiger partial charge in [-0.05, 0) is 19.1 Å². The van der Waals surface area contributed by atoms with Crippen LogP contribution in [0.3, 0.4) is 0 Å². The number of benzene rings is 1. The van der Waals surface area contributed by atoms with Crippen molar-refractivity contribution in [2.45, 2.75) is 6.92 Å². The van der Waals surface area contributed by atoms with Crippen molar-refractivity contribution >= 4 is 35.3 Å². The van der Waals surface area contributed by atoms with E-state index in [9.17, 15) is 9.59 Å². The predicted molar refractivity (Wildman–Crippen MR) is 51.9 cm³/mol. The zero-order valence-corrected chi connectivity index (χ0v) is 8.32. The number of Topliss-reactive ketones (excluding diaryl/α,β-unsaturated/α-hetero) is 1. The molecule has 1 aromatic carbocycles. The minimum atomic E-state index is -0.215. The van der Waals surface area contributed by atoms with Crippen LogP contribution in [0, 0.1) is 0 Å². The largest absolute Gasteiger partial charge is 0.298 e. The third-order valence-corrected chi connectivity index (χ3v) is 2.15. The summed E-state index contributed by atoms with van der Waals surface area (Å²) in [5, 5.41) is 0.421. The minimum Gasteiger partial charge on any atom is -0.298 e. The van der Waals surface area contributed by atoms with Crippen molar-refractivity contribution < 1.29 is 9.59 Å². The molecule has 1 rings (SSSR count). The van der Waals surface area contributed by atoms with Gasteiger partial charge in [0.25, 0.3) is 0 Å². The first-order chi connectivity index (χ1) is 6.06. The van der Waals surface area contributed by atoms with E-state index < -0.39 is 0 Å². The summed E-state index contributed by atoms with van der Waals surface area (Å²) >= 11 is 11.5. The second-order valence-electron chi connectivity index (χ2n) is 2.53. The standard InChI is InChI=1S/C9H6Cl2O2/c1-5(13)9-7(10)2-6(4-12)3-8(9)11/h2-4H,1H3. The summed E-state index contributed by atoms with van der Waals surface area (Å²) in [6.07, 6.45) is 0.627. The summed E-state index contributed by atoms with van der Waals surface area (Å²) in [5.74, 6) is -0.215. The lowest BCUT2D eigenvalue weighted by molar-refractivity contribution is 0.101. The molecule has 0 radical (unpaired) electrons. The van der Waals surface area contributed by atoms with E-state index in [1.165, 1.54) is 19.1 Å². The van der Waals surface area contributed by atoms with Crippen molar-refractivity contribution in [1.29, 1.82) is 0 Å². The Hall–Kier alpha value is -0.860. The normalized spacial score (nSPS) is 9.77. The van der Waals surface area contributed by atoms with Crippen molar-refractivity contribution in [3.8, 4) is 0 Å². The molecule has 0 heterocycles. The molecule has 0 saturated carbocycles. The van der Waals surface area contributed by atoms with Crippen LogP contribution in [0.25, 0.3) is 0 Å². The average molecular weight is 217 g/mol. The van der Waals surface area contributed by atoms with Gasteiger partial charge in [-0.2, -0.15) is 0 Å². The van der Waals surface area contributed by atoms with Gasteiger partial charge in [-0.3, -0.25) is 9.59 Å². The summed E-state index contributed by atoms with van der Waals surface area (Å²) < 4.78 is 0. The number of aldehydes is 1. The van der Waals surface area contributed by atoms with Gasteiger partial charge in [0.15, 0.2) is 5.78 Å². The molecule has 4 heteroatoms. The van der Waals surface area contributed by atoms with Crippen LogP contribution >= 0.6 is 23.2 Å². The quantitative estimate of drug-likeness (QED) is 0.563. The Balaban J connectivity index is 3.39. The molecule has 0 fully saturated rings. The number of hydrogen-bond acceptors (Lipinski definition) is 2. The second kappa shape index (κ2) is 3.90. The molecule has 0 aromatic heterocycles. The number of halogens is 2. The van der Waals surface area contributed by atoms with E-state index in [0.29, 0.717) is 11.8 Å². The topological polar surface area (TPSA) is 34.1 Å². The fraction of sp³-hybridized carbons (Fsp3) is 0.111. The smallest absolute Gasteiger partial charge is 0.162 e. The van der Waals surface area contributed by atoms with Gasteiger partial charge in [0.2, 0.25) is 0 Å². The maximum absolute atomic E-state index is 11.0. The first kappa shape index (κ1) is 10.2. The SMILES string of the molecule is CC(=O)c1c(Cl)cc(C=O)cc1Cl. The summed E-state index contributed by atoms with van der Waals surface area (Å²) in [5.41, 5.74) is 0.619. The fourth-order valence-corrected chi connectivity index (χ4v) is 1.77. The molecule has 0 aliphatic carbocycles. The molecule has 0 amide bonds. The van der Waals surface area contributed by atoms with Crippen molar-refractivity contribution in [2.24, 2.45) is 0 Å². The van der Waals surface area contributed by atoms with E-state index in [-0.39, 0.29) is 21.4 Å². The van der Waals surface area contributed by atoms with Crippen molar-refractivity contribution in [2.75, 3.05) is 0 Å². The lowest BCUT2D eigenvalue weighted by Crippen LogP contribution is -1.96. The Bertz CT molecular complexity index is 349. The Morgan fingerprint density at radius 3 is 2.08 bits per heavy atom. The van der Waals surface area contributed by atoms with Crippen molar-refractivity contribution in [3.63, 3.8) is 0 Å². The number of hydrogen-bond donors (Lipinski definition) is 0. The van der Waals surface area contributed by atoms with Gasteiger partial charge >= 0.3 is 0 Å². The van der Waals surface area contributed by atoms with E-state index in [2.05, 4.69) is 0 Å². The average Bonchev–Trinajstić information content (AvgIpc) is 2.02. The molecule has 0 spiro atoms. The summed E-state index contributed by atoms with van der Waals surface area (Å²) in [6, 6.07) is 2.83. The molecule has 2 nitrogen and oxygen atoms in total. The Morgan fingerprint density at radius 2 is 1.77 bits per heavy atom. The van der Waals surface area contributed by atoms with Gasteiger partial charge in [-0.25, -0.2) is 0 Å². The number of rotatable bonds is 2. The third kappa shape index (κ3) is 2.08. The molecular weight excluding hydrogens is 211 g/mol. The van der Waals surface area contributed by atoms with Crippen LogP contribution in [0.15, 0.2) is 12.1 Å². The molecule has 0 aliphatic rings. The highest BCUT2D eigenvalue weighted by atomic mass is 35.5. The molecule has 0 bridgehead atoms. The third-order valence-electron chi connectivity index (χ3n) is 1.55. The number of carbonyl (C=O) groups excluding carboxylic acids is 2. The summed E-state index contributed by atoms with van der Waals surface area (Å²) in [6.45, 7) is 1.37. The molecule has 0 N–H and O–H groups in total. The highest BCUT2D eigenvalue weighted by molar-refractivity contribution is 6.40. The molecule has 0 saturated heterocycles. The van der Waals surface area contributed by atoms with Crippen LogP contribution in [-0.4, -0.2) is 12.1 Å². The van der Waals surface area contributed by atoms with Gasteiger partial charge in [-0.1, -0.05) is 23.2 Å². The van der Waals surface area contributed by atoms with Crippen LogP contribution in [-0.2, 0) is 0 Å². The van der Waals surface area contributed by atoms with E-state index in [1.54, 1.807) is 0 Å². The molecule has 0 aliphatic heterocycles. The van der Waals surface area contributed by atoms with E-state index in [4.69, 9.17) is 23.2 Å². The van der Waals surface area contributed by atoms with Gasteiger partial charge in [0, 0.05) is 5.56 Å². The Morgan fingerprint density at radius 1 is 1.31 bits per heavy atom. The zero-order chi connectivity index (χ0) is 10.0. The van der Waals surface area contributed by atoms with Crippen molar-refractivity contribution in [3.05, 3.63) is 33.3 Å². The van der Waals surface area contributed by atoms with Crippen LogP contribution in [0.5, 0.6) is 0 Å². The van der Waals surface area contributed by atoms with Gasteiger partial charge in [0.05, 0.1) is 15.6 Å². The van der Waals surface area contributed by atoms with E-state index in [1.807, 2.05) is 0 Å². The molecule has 13 heavy (non-hydrogen) atoms. The first-order valence-corrected chi connectivity index (χ1v) is 4.27. The first-order valence-electron chi connectivity index (χ1n) is 3.51. The molecule has 0 unspecified atom stereocenters. The predicted octanol–water partition coefficient (Wildman–Crippen LogP) is 3.01. The summed E-state index contributed by atoms with van der Waals surface area (Å²) in [7, 11) is 0. The van der Waals surface area contributed by atoms with E-state index >= 15 is 0 Å². The zero-order valence-electron chi connectivity index (χ0n) is 6.80. The lowest BCUT2D eigenvalue weighted by Gasteiger charge is -2.03. The molecular formula is C9H6Cl2O2. The highest BCUT2D eigenvalue weighted by Crippen LogP contribution is 2.26. The number of carbonyl (C=O) groups is 2. The van der Waals surface area contributed by atoms with Gasteiger partial charge in [-0.15, -0.1) is 0 Å². The Labute approximate surface area is 85.5 Å². The van der Waals surface area contributed by atoms with Gasteiger partial charge < -0.3 is 0 Å². The number of ketones is 1. The van der Waals surface area contributed by atoms with Crippen molar-refractivity contribution in [1.82, 2.24) is 0 Å². The van der Waals surface area contributed by atoms with Crippen LogP contribution < -0.4 is 0 Å². The molecule has 68 valence electrons. The molecule has 1 aromatic rings. The van der Waals surface area contributed by atoms with E-state index in [0.717, 1.165) is 0 Å².